The molecule has 5 nitrogen and oxygen atoms in total. The van der Waals surface area contributed by atoms with Crippen LogP contribution >= 0.6 is 0 Å². The molecule has 0 radical (unpaired) electrons. The van der Waals surface area contributed by atoms with E-state index in [9.17, 15) is 4.79 Å². The molecule has 1 aliphatic rings. The van der Waals surface area contributed by atoms with Crippen molar-refractivity contribution in [3.05, 3.63) is 47.9 Å². The molecule has 2 amide bonds. The largest absolute Gasteiger partial charge is 0.361 e. The number of para-hydroxylation sites is 1. The third-order valence-corrected chi connectivity index (χ3v) is 4.00. The predicted octanol–water partition coefficient (Wildman–Crippen LogP) is 4.17. The molecule has 1 aliphatic heterocycles. The monoisotopic (exact) mass is 299 g/mol. The number of carbonyl (C=O) groups is 1. The SMILES string of the molecule is CC(C)c1cc([C@H]2CCCN2C(=O)Nc2ccccc2)no1. The Morgan fingerprint density at radius 3 is 2.82 bits per heavy atom. The molecule has 0 saturated carbocycles. The molecule has 1 fully saturated rings. The molecular weight excluding hydrogens is 278 g/mol. The molecule has 1 aromatic heterocycles. The standard InChI is InChI=1S/C17H21N3O2/c1-12(2)16-11-14(19-22-16)15-9-6-10-20(15)17(21)18-13-7-4-3-5-8-13/h3-5,7-8,11-12,15H,6,9-10H2,1-2H3,(H,18,21)/t15-/m1/s1. The van der Waals surface area contributed by atoms with Gasteiger partial charge in [0.15, 0.2) is 0 Å². The molecule has 0 aliphatic carbocycles. The molecule has 1 N–H and O–H groups in total. The van der Waals surface area contributed by atoms with Crippen LogP contribution in [0.15, 0.2) is 40.9 Å². The van der Waals surface area contributed by atoms with Gasteiger partial charge in [0.1, 0.15) is 11.5 Å². The lowest BCUT2D eigenvalue weighted by Gasteiger charge is -2.23. The van der Waals surface area contributed by atoms with E-state index >= 15 is 0 Å². The van der Waals surface area contributed by atoms with Crippen LogP contribution in [0, 0.1) is 0 Å². The molecule has 22 heavy (non-hydrogen) atoms. The Morgan fingerprint density at radius 2 is 2.14 bits per heavy atom. The van der Waals surface area contributed by atoms with Gasteiger partial charge in [0.2, 0.25) is 0 Å². The number of anilines is 1. The molecule has 116 valence electrons. The Bertz CT molecular complexity index is 636. The van der Waals surface area contributed by atoms with Gasteiger partial charge in [0, 0.05) is 24.2 Å². The molecule has 3 rings (SSSR count). The summed E-state index contributed by atoms with van der Waals surface area (Å²) >= 11 is 0. The van der Waals surface area contributed by atoms with Gasteiger partial charge in [-0.2, -0.15) is 0 Å². The van der Waals surface area contributed by atoms with Crippen molar-refractivity contribution < 1.29 is 9.32 Å². The summed E-state index contributed by atoms with van der Waals surface area (Å²) in [6.45, 7) is 4.88. The van der Waals surface area contributed by atoms with Crippen molar-refractivity contribution in [3.8, 4) is 0 Å². The Morgan fingerprint density at radius 1 is 1.36 bits per heavy atom. The van der Waals surface area contributed by atoms with Gasteiger partial charge in [-0.1, -0.05) is 37.2 Å². The van der Waals surface area contributed by atoms with Gasteiger partial charge in [-0.3, -0.25) is 0 Å². The third-order valence-electron chi connectivity index (χ3n) is 4.00. The lowest BCUT2D eigenvalue weighted by atomic mass is 10.1. The first-order valence-corrected chi connectivity index (χ1v) is 7.74. The van der Waals surface area contributed by atoms with Crippen LogP contribution < -0.4 is 5.32 Å². The quantitative estimate of drug-likeness (QED) is 0.925. The van der Waals surface area contributed by atoms with Gasteiger partial charge < -0.3 is 14.7 Å². The van der Waals surface area contributed by atoms with Crippen LogP contribution in [0.4, 0.5) is 10.5 Å². The van der Waals surface area contributed by atoms with Gasteiger partial charge in [0.25, 0.3) is 0 Å². The second-order valence-electron chi connectivity index (χ2n) is 5.96. The van der Waals surface area contributed by atoms with Gasteiger partial charge in [-0.15, -0.1) is 0 Å². The van der Waals surface area contributed by atoms with E-state index in [1.54, 1.807) is 0 Å². The average molecular weight is 299 g/mol. The van der Waals surface area contributed by atoms with E-state index in [4.69, 9.17) is 4.52 Å². The van der Waals surface area contributed by atoms with Crippen molar-refractivity contribution >= 4 is 11.7 Å². The highest BCUT2D eigenvalue weighted by Gasteiger charge is 2.32. The van der Waals surface area contributed by atoms with Gasteiger partial charge in [-0.25, -0.2) is 4.79 Å². The van der Waals surface area contributed by atoms with Crippen LogP contribution in [-0.4, -0.2) is 22.6 Å². The molecular formula is C17H21N3O2. The van der Waals surface area contributed by atoms with Crippen molar-refractivity contribution in [2.75, 3.05) is 11.9 Å². The summed E-state index contributed by atoms with van der Waals surface area (Å²) in [5.74, 6) is 1.17. The molecule has 5 heteroatoms. The smallest absolute Gasteiger partial charge is 0.322 e. The number of hydrogen-bond acceptors (Lipinski definition) is 3. The zero-order valence-corrected chi connectivity index (χ0v) is 13.0. The van der Waals surface area contributed by atoms with Crippen LogP contribution in [0.3, 0.4) is 0 Å². The summed E-state index contributed by atoms with van der Waals surface area (Å²) in [6, 6.07) is 11.4. The summed E-state index contributed by atoms with van der Waals surface area (Å²) in [4.78, 5) is 14.3. The maximum absolute atomic E-state index is 12.5. The zero-order valence-electron chi connectivity index (χ0n) is 13.0. The van der Waals surface area contributed by atoms with Crippen LogP contribution in [-0.2, 0) is 0 Å². The molecule has 0 spiro atoms. The van der Waals surface area contributed by atoms with Crippen molar-refractivity contribution in [3.63, 3.8) is 0 Å². The lowest BCUT2D eigenvalue weighted by molar-refractivity contribution is 0.204. The van der Waals surface area contributed by atoms with Crippen molar-refractivity contribution in [2.24, 2.45) is 0 Å². The first kappa shape index (κ1) is 14.6. The van der Waals surface area contributed by atoms with Gasteiger partial charge >= 0.3 is 6.03 Å². The molecule has 0 bridgehead atoms. The molecule has 0 unspecified atom stereocenters. The van der Waals surface area contributed by atoms with E-state index in [1.165, 1.54) is 0 Å². The number of amides is 2. The van der Waals surface area contributed by atoms with Crippen molar-refractivity contribution in [1.29, 1.82) is 0 Å². The van der Waals surface area contributed by atoms with E-state index in [2.05, 4.69) is 24.3 Å². The molecule has 2 heterocycles. The van der Waals surface area contributed by atoms with Crippen molar-refractivity contribution in [2.45, 2.75) is 38.6 Å². The first-order chi connectivity index (χ1) is 10.6. The van der Waals surface area contributed by atoms with Crippen molar-refractivity contribution in [1.82, 2.24) is 10.1 Å². The predicted molar refractivity (Wildman–Crippen MR) is 84.7 cm³/mol. The summed E-state index contributed by atoms with van der Waals surface area (Å²) in [5.41, 5.74) is 1.66. The highest BCUT2D eigenvalue weighted by molar-refractivity contribution is 5.89. The number of rotatable bonds is 3. The number of aromatic nitrogens is 1. The Labute approximate surface area is 130 Å². The van der Waals surface area contributed by atoms with E-state index in [0.717, 1.165) is 36.5 Å². The molecule has 2 aromatic rings. The maximum atomic E-state index is 12.5. The average Bonchev–Trinajstić information content (AvgIpc) is 3.17. The van der Waals surface area contributed by atoms with Crippen LogP contribution in [0.5, 0.6) is 0 Å². The van der Waals surface area contributed by atoms with Crippen LogP contribution in [0.25, 0.3) is 0 Å². The number of hydrogen-bond donors (Lipinski definition) is 1. The van der Waals surface area contributed by atoms with E-state index in [-0.39, 0.29) is 12.1 Å². The Balaban J connectivity index is 1.73. The number of likely N-dealkylation sites (tertiary alicyclic amines) is 1. The normalized spacial score (nSPS) is 18.0. The fraction of sp³-hybridized carbons (Fsp3) is 0.412. The van der Waals surface area contributed by atoms with E-state index < -0.39 is 0 Å². The highest BCUT2D eigenvalue weighted by atomic mass is 16.5. The minimum Gasteiger partial charge on any atom is -0.361 e. The Kier molecular flexibility index (Phi) is 4.13. The Hall–Kier alpha value is -2.30. The number of carbonyl (C=O) groups excluding carboxylic acids is 1. The molecule has 1 aromatic carbocycles. The van der Waals surface area contributed by atoms with Crippen LogP contribution in [0.2, 0.25) is 0 Å². The minimum absolute atomic E-state index is 0.0000350. The highest BCUT2D eigenvalue weighted by Crippen LogP contribution is 2.33. The number of nitrogens with zero attached hydrogens (tertiary/aromatic N) is 2. The summed E-state index contributed by atoms with van der Waals surface area (Å²) in [5, 5.41) is 7.10. The summed E-state index contributed by atoms with van der Waals surface area (Å²) in [6.07, 6.45) is 1.91. The summed E-state index contributed by atoms with van der Waals surface area (Å²) in [7, 11) is 0. The minimum atomic E-state index is -0.0807. The number of benzene rings is 1. The maximum Gasteiger partial charge on any atom is 0.322 e. The molecule has 1 saturated heterocycles. The van der Waals surface area contributed by atoms with Gasteiger partial charge in [-0.05, 0) is 25.0 Å². The zero-order chi connectivity index (χ0) is 15.5. The van der Waals surface area contributed by atoms with E-state index in [1.807, 2.05) is 41.3 Å². The second kappa shape index (κ2) is 6.22. The van der Waals surface area contributed by atoms with E-state index in [0.29, 0.717) is 5.92 Å². The lowest BCUT2D eigenvalue weighted by Crippen LogP contribution is -2.34. The number of nitrogens with one attached hydrogen (secondary N) is 1. The van der Waals surface area contributed by atoms with Crippen LogP contribution in [0.1, 0.15) is 50.1 Å². The third kappa shape index (κ3) is 2.98. The van der Waals surface area contributed by atoms with Gasteiger partial charge in [0.05, 0.1) is 6.04 Å². The summed E-state index contributed by atoms with van der Waals surface area (Å²) < 4.78 is 5.38. The second-order valence-corrected chi connectivity index (χ2v) is 5.96. The fourth-order valence-corrected chi connectivity index (χ4v) is 2.77. The topological polar surface area (TPSA) is 58.4 Å². The molecule has 1 atom stereocenters. The number of urea groups is 1. The fourth-order valence-electron chi connectivity index (χ4n) is 2.77. The first-order valence-electron chi connectivity index (χ1n) is 7.74.